The van der Waals surface area contributed by atoms with Crippen molar-refractivity contribution in [3.8, 4) is 0 Å². The number of aryl methyl sites for hydroxylation is 1. The first-order valence-electron chi connectivity index (χ1n) is 9.97. The third-order valence-electron chi connectivity index (χ3n) is 5.62. The lowest BCUT2D eigenvalue weighted by atomic mass is 9.91. The van der Waals surface area contributed by atoms with Crippen LogP contribution in [0.1, 0.15) is 30.4 Å². The van der Waals surface area contributed by atoms with Crippen molar-refractivity contribution in [2.24, 2.45) is 5.92 Å². The molecule has 1 saturated heterocycles. The van der Waals surface area contributed by atoms with E-state index in [9.17, 15) is 0 Å². The van der Waals surface area contributed by atoms with Crippen LogP contribution in [-0.4, -0.2) is 37.8 Å². The predicted molar refractivity (Wildman–Crippen MR) is 121 cm³/mol. The lowest BCUT2D eigenvalue weighted by molar-refractivity contribution is 0.170. The van der Waals surface area contributed by atoms with Gasteiger partial charge in [-0.05, 0) is 80.0 Å². The van der Waals surface area contributed by atoms with Gasteiger partial charge in [0.15, 0.2) is 0 Å². The van der Waals surface area contributed by atoms with Gasteiger partial charge in [0, 0.05) is 37.1 Å². The van der Waals surface area contributed by atoms with Crippen LogP contribution in [-0.2, 0) is 12.8 Å². The van der Waals surface area contributed by atoms with Crippen molar-refractivity contribution in [1.82, 2.24) is 4.90 Å². The van der Waals surface area contributed by atoms with Gasteiger partial charge in [-0.1, -0.05) is 47.8 Å². The number of rotatable bonds is 8. The molecule has 2 aromatic carbocycles. The average molecular weight is 403 g/mol. The average Bonchev–Trinajstić information content (AvgIpc) is 2.71. The molecule has 1 unspecified atom stereocenters. The molecule has 3 rings (SSSR count). The van der Waals surface area contributed by atoms with E-state index >= 15 is 0 Å². The summed E-state index contributed by atoms with van der Waals surface area (Å²) in [7, 11) is 2.11. The molecular formula is C23H31ClN2S. The molecule has 0 radical (unpaired) electrons. The number of benzene rings is 2. The van der Waals surface area contributed by atoms with Crippen molar-refractivity contribution >= 4 is 29.2 Å². The van der Waals surface area contributed by atoms with Crippen LogP contribution in [0.25, 0.3) is 0 Å². The maximum Gasteiger partial charge on any atom is 0.0466 e. The number of hydrogen-bond donors (Lipinski definition) is 0. The fourth-order valence-corrected chi connectivity index (χ4v) is 4.46. The standard InChI is InChI=1S/C23H31ClN2S/c1-25(27-2)23-12-10-19(11-13-23)8-9-21-6-4-15-26(18-21)16-14-20-5-3-7-22(24)17-20/h3,5,7,10-13,17,21H,4,6,8-9,14-16,18H2,1-2H3. The third kappa shape index (κ3) is 6.44. The molecule has 0 aliphatic carbocycles. The maximum atomic E-state index is 6.11. The van der Waals surface area contributed by atoms with Crippen molar-refractivity contribution in [3.63, 3.8) is 0 Å². The minimum Gasteiger partial charge on any atom is -0.320 e. The summed E-state index contributed by atoms with van der Waals surface area (Å²) in [5.41, 5.74) is 4.08. The van der Waals surface area contributed by atoms with Crippen molar-refractivity contribution in [2.45, 2.75) is 32.1 Å². The van der Waals surface area contributed by atoms with Crippen LogP contribution in [0.2, 0.25) is 5.02 Å². The molecule has 0 aromatic heterocycles. The highest BCUT2D eigenvalue weighted by molar-refractivity contribution is 7.99. The second kappa shape index (κ2) is 10.4. The van der Waals surface area contributed by atoms with E-state index in [-0.39, 0.29) is 0 Å². The minimum absolute atomic E-state index is 0.826. The molecule has 1 fully saturated rings. The summed E-state index contributed by atoms with van der Waals surface area (Å²) in [5.74, 6) is 0.826. The zero-order chi connectivity index (χ0) is 19.1. The van der Waals surface area contributed by atoms with Crippen LogP contribution in [0, 0.1) is 5.92 Å². The second-order valence-corrected chi connectivity index (χ2v) is 8.92. The van der Waals surface area contributed by atoms with E-state index in [0.29, 0.717) is 0 Å². The number of anilines is 1. The van der Waals surface area contributed by atoms with E-state index in [0.717, 1.165) is 23.9 Å². The molecule has 146 valence electrons. The van der Waals surface area contributed by atoms with Gasteiger partial charge < -0.3 is 9.21 Å². The van der Waals surface area contributed by atoms with Gasteiger partial charge in [0.2, 0.25) is 0 Å². The summed E-state index contributed by atoms with van der Waals surface area (Å²) < 4.78 is 2.20. The highest BCUT2D eigenvalue weighted by Gasteiger charge is 2.19. The molecule has 1 heterocycles. The lowest BCUT2D eigenvalue weighted by Crippen LogP contribution is -2.36. The predicted octanol–water partition coefficient (Wildman–Crippen LogP) is 5.94. The van der Waals surface area contributed by atoms with E-state index in [1.165, 1.54) is 55.6 Å². The van der Waals surface area contributed by atoms with Crippen molar-refractivity contribution in [2.75, 3.05) is 37.2 Å². The Morgan fingerprint density at radius 3 is 2.67 bits per heavy atom. The van der Waals surface area contributed by atoms with Crippen LogP contribution in [0.3, 0.4) is 0 Å². The first-order chi connectivity index (χ1) is 13.1. The van der Waals surface area contributed by atoms with Crippen molar-refractivity contribution < 1.29 is 0 Å². The molecule has 1 aliphatic heterocycles. The van der Waals surface area contributed by atoms with Gasteiger partial charge in [-0.15, -0.1) is 0 Å². The van der Waals surface area contributed by atoms with E-state index in [1.807, 2.05) is 6.07 Å². The molecule has 0 amide bonds. The fraction of sp³-hybridized carbons (Fsp3) is 0.478. The van der Waals surface area contributed by atoms with Crippen LogP contribution < -0.4 is 4.31 Å². The van der Waals surface area contributed by atoms with Gasteiger partial charge in [0.05, 0.1) is 0 Å². The second-order valence-electron chi connectivity index (χ2n) is 7.57. The maximum absolute atomic E-state index is 6.11. The summed E-state index contributed by atoms with van der Waals surface area (Å²) in [5, 5.41) is 0.846. The monoisotopic (exact) mass is 402 g/mol. The van der Waals surface area contributed by atoms with Crippen LogP contribution in [0.15, 0.2) is 48.5 Å². The Hall–Kier alpha value is -1.16. The minimum atomic E-state index is 0.826. The van der Waals surface area contributed by atoms with E-state index in [2.05, 4.69) is 65.0 Å². The van der Waals surface area contributed by atoms with E-state index in [4.69, 9.17) is 11.6 Å². The third-order valence-corrected chi connectivity index (χ3v) is 6.62. The molecule has 0 saturated carbocycles. The van der Waals surface area contributed by atoms with Crippen molar-refractivity contribution in [1.29, 1.82) is 0 Å². The summed E-state index contributed by atoms with van der Waals surface area (Å²) >= 11 is 7.85. The van der Waals surface area contributed by atoms with Crippen LogP contribution >= 0.6 is 23.5 Å². The quantitative estimate of drug-likeness (QED) is 0.504. The van der Waals surface area contributed by atoms with Gasteiger partial charge in [0.25, 0.3) is 0 Å². The topological polar surface area (TPSA) is 6.48 Å². The zero-order valence-electron chi connectivity index (χ0n) is 16.5. The lowest BCUT2D eigenvalue weighted by Gasteiger charge is -2.33. The molecule has 0 N–H and O–H groups in total. The summed E-state index contributed by atoms with van der Waals surface area (Å²) in [6.07, 6.45) is 8.40. The van der Waals surface area contributed by atoms with Gasteiger partial charge in [-0.3, -0.25) is 0 Å². The Morgan fingerprint density at radius 2 is 1.93 bits per heavy atom. The highest BCUT2D eigenvalue weighted by Crippen LogP contribution is 2.24. The van der Waals surface area contributed by atoms with Crippen LogP contribution in [0.5, 0.6) is 0 Å². The molecule has 4 heteroatoms. The SMILES string of the molecule is CSN(C)c1ccc(CCC2CCCN(CCc3cccc(Cl)c3)C2)cc1. The number of piperidine rings is 1. The Kier molecular flexibility index (Phi) is 7.93. The molecule has 2 nitrogen and oxygen atoms in total. The largest absolute Gasteiger partial charge is 0.320 e. The van der Waals surface area contributed by atoms with Gasteiger partial charge in [-0.2, -0.15) is 0 Å². The highest BCUT2D eigenvalue weighted by atomic mass is 35.5. The van der Waals surface area contributed by atoms with Gasteiger partial charge >= 0.3 is 0 Å². The molecule has 0 bridgehead atoms. The molecule has 1 aliphatic rings. The number of hydrogen-bond acceptors (Lipinski definition) is 3. The van der Waals surface area contributed by atoms with Crippen LogP contribution in [0.4, 0.5) is 5.69 Å². The summed E-state index contributed by atoms with van der Waals surface area (Å²) in [4.78, 5) is 2.64. The first kappa shape index (κ1) is 20.6. The Bertz CT molecular complexity index is 704. The Labute approximate surface area is 174 Å². The van der Waals surface area contributed by atoms with E-state index in [1.54, 1.807) is 11.9 Å². The van der Waals surface area contributed by atoms with Gasteiger partial charge in [-0.25, -0.2) is 0 Å². The zero-order valence-corrected chi connectivity index (χ0v) is 18.1. The Morgan fingerprint density at radius 1 is 1.11 bits per heavy atom. The van der Waals surface area contributed by atoms with Gasteiger partial charge in [0.1, 0.15) is 0 Å². The summed E-state index contributed by atoms with van der Waals surface area (Å²) in [6.45, 7) is 3.63. The normalized spacial score (nSPS) is 17.8. The van der Waals surface area contributed by atoms with Crippen molar-refractivity contribution in [3.05, 3.63) is 64.7 Å². The fourth-order valence-electron chi connectivity index (χ4n) is 3.92. The molecule has 1 atom stereocenters. The molecule has 0 spiro atoms. The number of nitrogens with zero attached hydrogens (tertiary/aromatic N) is 2. The molecular weight excluding hydrogens is 372 g/mol. The summed E-state index contributed by atoms with van der Waals surface area (Å²) in [6, 6.07) is 17.4. The van der Waals surface area contributed by atoms with E-state index < -0.39 is 0 Å². The Balaban J connectivity index is 1.44. The molecule has 2 aromatic rings. The molecule has 27 heavy (non-hydrogen) atoms. The number of halogens is 1. The number of likely N-dealkylation sites (tertiary alicyclic amines) is 1. The smallest absolute Gasteiger partial charge is 0.0466 e. The first-order valence-corrected chi connectivity index (χ1v) is 11.5.